The maximum absolute atomic E-state index is 13.2. The van der Waals surface area contributed by atoms with Crippen LogP contribution in [0.2, 0.25) is 0 Å². The van der Waals surface area contributed by atoms with Crippen molar-refractivity contribution in [2.45, 2.75) is 11.0 Å². The average molecular weight is 327 g/mol. The highest BCUT2D eigenvalue weighted by molar-refractivity contribution is 9.10. The molecule has 0 aromatic heterocycles. The van der Waals surface area contributed by atoms with Gasteiger partial charge in [0.05, 0.1) is 4.47 Å². The summed E-state index contributed by atoms with van der Waals surface area (Å²) in [6, 6.07) is 12.2. The van der Waals surface area contributed by atoms with E-state index in [9.17, 15) is 9.50 Å². The predicted octanol–water partition coefficient (Wildman–Crippen LogP) is 4.39. The molecule has 0 fully saturated rings. The minimum atomic E-state index is -0.745. The molecule has 0 spiro atoms. The zero-order valence-corrected chi connectivity index (χ0v) is 12.1. The van der Waals surface area contributed by atoms with Crippen LogP contribution in [0.5, 0.6) is 0 Å². The third-order valence-electron chi connectivity index (χ3n) is 2.69. The summed E-state index contributed by atoms with van der Waals surface area (Å²) in [4.78, 5) is 1.02. The van der Waals surface area contributed by atoms with Crippen molar-refractivity contribution in [2.75, 3.05) is 6.26 Å². The molecule has 1 unspecified atom stereocenters. The lowest BCUT2D eigenvalue weighted by Crippen LogP contribution is -2.01. The van der Waals surface area contributed by atoms with Gasteiger partial charge in [-0.2, -0.15) is 0 Å². The molecule has 4 heteroatoms. The lowest BCUT2D eigenvalue weighted by atomic mass is 10.0. The lowest BCUT2D eigenvalue weighted by Gasteiger charge is -2.15. The van der Waals surface area contributed by atoms with Crippen LogP contribution in [-0.2, 0) is 0 Å². The van der Waals surface area contributed by atoms with E-state index in [4.69, 9.17) is 0 Å². The number of benzene rings is 2. The largest absolute Gasteiger partial charge is 0.384 e. The van der Waals surface area contributed by atoms with Crippen molar-refractivity contribution in [3.8, 4) is 0 Å². The van der Waals surface area contributed by atoms with E-state index in [1.807, 2.05) is 30.5 Å². The molecule has 2 rings (SSSR count). The summed E-state index contributed by atoms with van der Waals surface area (Å²) >= 11 is 4.71. The molecule has 0 heterocycles. The Hall–Kier alpha value is -0.840. The fraction of sp³-hybridized carbons (Fsp3) is 0.143. The topological polar surface area (TPSA) is 20.2 Å². The highest BCUT2D eigenvalue weighted by Crippen LogP contribution is 2.31. The molecule has 0 amide bonds. The number of hydrogen-bond donors (Lipinski definition) is 1. The first-order valence-corrected chi connectivity index (χ1v) is 7.41. The number of aliphatic hydroxyl groups is 1. The van der Waals surface area contributed by atoms with E-state index in [1.54, 1.807) is 23.9 Å². The SMILES string of the molecule is CSc1ccccc1C(O)c1ccc(F)c(Br)c1. The molecule has 0 radical (unpaired) electrons. The second-order valence-electron chi connectivity index (χ2n) is 3.82. The van der Waals surface area contributed by atoms with Gasteiger partial charge in [-0.15, -0.1) is 11.8 Å². The van der Waals surface area contributed by atoms with Gasteiger partial charge in [-0.05, 0) is 51.5 Å². The Morgan fingerprint density at radius 2 is 1.94 bits per heavy atom. The second kappa shape index (κ2) is 5.87. The monoisotopic (exact) mass is 326 g/mol. The average Bonchev–Trinajstić information content (AvgIpc) is 2.41. The smallest absolute Gasteiger partial charge is 0.137 e. The summed E-state index contributed by atoms with van der Waals surface area (Å²) in [5.41, 5.74) is 1.51. The minimum absolute atomic E-state index is 0.330. The first kappa shape index (κ1) is 13.6. The Balaban J connectivity index is 2.41. The molecule has 18 heavy (non-hydrogen) atoms. The molecule has 0 aliphatic heterocycles. The molecule has 1 atom stereocenters. The lowest BCUT2D eigenvalue weighted by molar-refractivity contribution is 0.217. The van der Waals surface area contributed by atoms with Gasteiger partial charge in [0.2, 0.25) is 0 Å². The molecule has 0 bridgehead atoms. The van der Waals surface area contributed by atoms with Crippen LogP contribution in [0.15, 0.2) is 51.8 Å². The number of hydrogen-bond acceptors (Lipinski definition) is 2. The second-order valence-corrected chi connectivity index (χ2v) is 5.52. The van der Waals surface area contributed by atoms with E-state index in [1.165, 1.54) is 6.07 Å². The van der Waals surface area contributed by atoms with E-state index >= 15 is 0 Å². The van der Waals surface area contributed by atoms with Crippen LogP contribution in [0.3, 0.4) is 0 Å². The Kier molecular flexibility index (Phi) is 4.43. The van der Waals surface area contributed by atoms with Gasteiger partial charge in [-0.3, -0.25) is 0 Å². The van der Waals surface area contributed by atoms with E-state index in [0.717, 1.165) is 10.5 Å². The van der Waals surface area contributed by atoms with E-state index in [2.05, 4.69) is 15.9 Å². The van der Waals surface area contributed by atoms with E-state index < -0.39 is 6.10 Å². The first-order valence-electron chi connectivity index (χ1n) is 5.39. The van der Waals surface area contributed by atoms with Crippen molar-refractivity contribution in [3.63, 3.8) is 0 Å². The molecule has 0 aliphatic carbocycles. The fourth-order valence-corrected chi connectivity index (χ4v) is 2.78. The molecule has 2 aromatic carbocycles. The number of thioether (sulfide) groups is 1. The molecular formula is C14H12BrFOS. The van der Waals surface area contributed by atoms with Crippen LogP contribution in [0.25, 0.3) is 0 Å². The van der Waals surface area contributed by atoms with Crippen LogP contribution < -0.4 is 0 Å². The van der Waals surface area contributed by atoms with Gasteiger partial charge < -0.3 is 5.11 Å². The maximum atomic E-state index is 13.2. The standard InChI is InChI=1S/C14H12BrFOS/c1-18-13-5-3-2-4-10(13)14(17)9-6-7-12(16)11(15)8-9/h2-8,14,17H,1H3. The molecule has 2 aromatic rings. The molecule has 1 nitrogen and oxygen atoms in total. The quantitative estimate of drug-likeness (QED) is 0.844. The summed E-state index contributed by atoms with van der Waals surface area (Å²) in [7, 11) is 0. The summed E-state index contributed by atoms with van der Waals surface area (Å²) < 4.78 is 13.5. The van der Waals surface area contributed by atoms with Crippen molar-refractivity contribution in [3.05, 3.63) is 63.9 Å². The van der Waals surface area contributed by atoms with E-state index in [-0.39, 0.29) is 5.82 Å². The Bertz CT molecular complexity index is 559. The molecule has 0 saturated carbocycles. The summed E-state index contributed by atoms with van der Waals surface area (Å²) in [5, 5.41) is 10.4. The van der Waals surface area contributed by atoms with Gasteiger partial charge >= 0.3 is 0 Å². The summed E-state index contributed by atoms with van der Waals surface area (Å²) in [6.45, 7) is 0. The Labute approximate surface area is 118 Å². The van der Waals surface area contributed by atoms with Gasteiger partial charge in [0.25, 0.3) is 0 Å². The van der Waals surface area contributed by atoms with Gasteiger partial charge in [-0.25, -0.2) is 4.39 Å². The molecule has 0 aliphatic rings. The van der Waals surface area contributed by atoms with Gasteiger partial charge in [0.1, 0.15) is 11.9 Å². The third kappa shape index (κ3) is 2.76. The van der Waals surface area contributed by atoms with Crippen LogP contribution in [0, 0.1) is 5.82 Å². The molecular weight excluding hydrogens is 315 g/mol. The van der Waals surface area contributed by atoms with Gasteiger partial charge in [-0.1, -0.05) is 24.3 Å². The minimum Gasteiger partial charge on any atom is -0.384 e. The van der Waals surface area contributed by atoms with Crippen molar-refractivity contribution >= 4 is 27.7 Å². The van der Waals surface area contributed by atoms with Crippen molar-refractivity contribution in [1.29, 1.82) is 0 Å². The highest BCUT2D eigenvalue weighted by atomic mass is 79.9. The molecule has 1 N–H and O–H groups in total. The summed E-state index contributed by atoms with van der Waals surface area (Å²) in [6.07, 6.45) is 1.22. The maximum Gasteiger partial charge on any atom is 0.137 e. The number of aliphatic hydroxyl groups excluding tert-OH is 1. The zero-order chi connectivity index (χ0) is 13.1. The van der Waals surface area contributed by atoms with Crippen LogP contribution in [-0.4, -0.2) is 11.4 Å². The zero-order valence-electron chi connectivity index (χ0n) is 9.73. The third-order valence-corrected chi connectivity index (χ3v) is 4.11. The molecule has 0 saturated heterocycles. The van der Waals surface area contributed by atoms with Crippen LogP contribution in [0.1, 0.15) is 17.2 Å². The highest BCUT2D eigenvalue weighted by Gasteiger charge is 2.15. The van der Waals surface area contributed by atoms with Crippen molar-refractivity contribution in [2.24, 2.45) is 0 Å². The normalized spacial score (nSPS) is 12.4. The van der Waals surface area contributed by atoms with Gasteiger partial charge in [0.15, 0.2) is 0 Å². The number of rotatable bonds is 3. The van der Waals surface area contributed by atoms with Crippen molar-refractivity contribution < 1.29 is 9.50 Å². The molecule has 94 valence electrons. The van der Waals surface area contributed by atoms with Crippen LogP contribution in [0.4, 0.5) is 4.39 Å². The van der Waals surface area contributed by atoms with E-state index in [0.29, 0.717) is 10.0 Å². The Morgan fingerprint density at radius 1 is 1.22 bits per heavy atom. The Morgan fingerprint density at radius 3 is 2.61 bits per heavy atom. The summed E-state index contributed by atoms with van der Waals surface area (Å²) in [5.74, 6) is -0.330. The van der Waals surface area contributed by atoms with Gasteiger partial charge in [0, 0.05) is 4.90 Å². The van der Waals surface area contributed by atoms with Crippen LogP contribution >= 0.6 is 27.7 Å². The fourth-order valence-electron chi connectivity index (χ4n) is 1.75. The first-order chi connectivity index (χ1) is 8.63. The van der Waals surface area contributed by atoms with Crippen molar-refractivity contribution in [1.82, 2.24) is 0 Å². The number of halogens is 2. The predicted molar refractivity (Wildman–Crippen MR) is 76.4 cm³/mol.